The van der Waals surface area contributed by atoms with Crippen LogP contribution >= 0.6 is 0 Å². The summed E-state index contributed by atoms with van der Waals surface area (Å²) in [5.74, 6) is -1.03. The molecule has 4 heteroatoms. The topological polar surface area (TPSA) is 55.5 Å². The predicted molar refractivity (Wildman–Crippen MR) is 52.0 cm³/mol. The van der Waals surface area contributed by atoms with E-state index in [9.17, 15) is 9.50 Å². The van der Waals surface area contributed by atoms with E-state index in [-0.39, 0.29) is 11.5 Å². The number of benzene rings is 1. The van der Waals surface area contributed by atoms with Gasteiger partial charge in [0.1, 0.15) is 0 Å². The minimum atomic E-state index is -0.719. The van der Waals surface area contributed by atoms with Gasteiger partial charge in [-0.25, -0.2) is 0 Å². The van der Waals surface area contributed by atoms with Crippen LogP contribution in [0, 0.1) is 5.82 Å². The zero-order valence-electron chi connectivity index (χ0n) is 8.09. The van der Waals surface area contributed by atoms with Crippen molar-refractivity contribution in [2.75, 3.05) is 13.7 Å². The van der Waals surface area contributed by atoms with E-state index in [1.165, 1.54) is 13.2 Å². The van der Waals surface area contributed by atoms with Gasteiger partial charge in [-0.3, -0.25) is 0 Å². The van der Waals surface area contributed by atoms with Gasteiger partial charge in [0.05, 0.1) is 7.11 Å². The first kappa shape index (κ1) is 10.8. The number of aryl methyl sites for hydroxylation is 1. The smallest absolute Gasteiger partial charge is 0.206 e. The summed E-state index contributed by atoms with van der Waals surface area (Å²) >= 11 is 0. The molecule has 0 saturated heterocycles. The van der Waals surface area contributed by atoms with E-state index in [0.29, 0.717) is 13.0 Å². The van der Waals surface area contributed by atoms with Gasteiger partial charge in [-0.15, -0.1) is 0 Å². The van der Waals surface area contributed by atoms with Crippen LogP contribution in [0.15, 0.2) is 12.1 Å². The van der Waals surface area contributed by atoms with Crippen LogP contribution in [0.1, 0.15) is 12.0 Å². The second-order valence-electron chi connectivity index (χ2n) is 3.02. The van der Waals surface area contributed by atoms with Crippen molar-refractivity contribution in [3.63, 3.8) is 0 Å². The minimum Gasteiger partial charge on any atom is -0.505 e. The maximum atomic E-state index is 13.1. The molecule has 3 N–H and O–H groups in total. The maximum absolute atomic E-state index is 13.1. The van der Waals surface area contributed by atoms with E-state index in [0.717, 1.165) is 12.0 Å². The normalized spacial score (nSPS) is 10.2. The number of hydrogen-bond donors (Lipinski definition) is 2. The summed E-state index contributed by atoms with van der Waals surface area (Å²) in [5, 5.41) is 9.23. The average Bonchev–Trinajstić information content (AvgIpc) is 2.19. The molecule has 0 spiro atoms. The lowest BCUT2D eigenvalue weighted by Crippen LogP contribution is -2.01. The number of aromatic hydroxyl groups is 1. The Labute approximate surface area is 82.3 Å². The molecule has 0 heterocycles. The summed E-state index contributed by atoms with van der Waals surface area (Å²) in [4.78, 5) is 0. The number of phenolic OH excluding ortho intramolecular Hbond substituents is 1. The van der Waals surface area contributed by atoms with Crippen molar-refractivity contribution >= 4 is 0 Å². The van der Waals surface area contributed by atoms with Gasteiger partial charge in [0.25, 0.3) is 0 Å². The highest BCUT2D eigenvalue weighted by atomic mass is 19.1. The molecule has 0 amide bonds. The number of ether oxygens (including phenoxy) is 1. The third-order valence-corrected chi connectivity index (χ3v) is 1.97. The van der Waals surface area contributed by atoms with Crippen LogP contribution in [0.5, 0.6) is 11.5 Å². The number of phenols is 1. The molecule has 0 fully saturated rings. The third kappa shape index (κ3) is 2.35. The van der Waals surface area contributed by atoms with Gasteiger partial charge in [0.2, 0.25) is 5.82 Å². The molecule has 78 valence electrons. The summed E-state index contributed by atoms with van der Waals surface area (Å²) in [6, 6.07) is 2.97. The fourth-order valence-corrected chi connectivity index (χ4v) is 1.24. The SMILES string of the molecule is COc1cc(CCCN)cc(O)c1F. The summed E-state index contributed by atoms with van der Waals surface area (Å²) in [6.45, 7) is 0.570. The van der Waals surface area contributed by atoms with E-state index in [2.05, 4.69) is 0 Å². The first-order valence-electron chi connectivity index (χ1n) is 4.44. The van der Waals surface area contributed by atoms with E-state index in [1.807, 2.05) is 0 Å². The lowest BCUT2D eigenvalue weighted by Gasteiger charge is -2.07. The van der Waals surface area contributed by atoms with Gasteiger partial charge in [-0.2, -0.15) is 4.39 Å². The van der Waals surface area contributed by atoms with Gasteiger partial charge < -0.3 is 15.6 Å². The van der Waals surface area contributed by atoms with Crippen molar-refractivity contribution in [3.8, 4) is 11.5 Å². The van der Waals surface area contributed by atoms with Gasteiger partial charge in [-0.1, -0.05) is 0 Å². The molecular weight excluding hydrogens is 185 g/mol. The Morgan fingerprint density at radius 2 is 2.21 bits per heavy atom. The van der Waals surface area contributed by atoms with Crippen LogP contribution in [-0.4, -0.2) is 18.8 Å². The third-order valence-electron chi connectivity index (χ3n) is 1.97. The standard InChI is InChI=1S/C10H14FNO2/c1-14-9-6-7(3-2-4-12)5-8(13)10(9)11/h5-6,13H,2-4,12H2,1H3. The highest BCUT2D eigenvalue weighted by Gasteiger charge is 2.09. The van der Waals surface area contributed by atoms with Crippen molar-refractivity contribution in [1.29, 1.82) is 0 Å². The molecule has 1 aromatic carbocycles. The highest BCUT2D eigenvalue weighted by molar-refractivity contribution is 5.39. The number of halogens is 1. The quantitative estimate of drug-likeness (QED) is 0.771. The summed E-state index contributed by atoms with van der Waals surface area (Å²) in [6.07, 6.45) is 1.51. The van der Waals surface area contributed by atoms with Crippen LogP contribution < -0.4 is 10.5 Å². The number of methoxy groups -OCH3 is 1. The van der Waals surface area contributed by atoms with Crippen molar-refractivity contribution in [2.45, 2.75) is 12.8 Å². The first-order valence-corrected chi connectivity index (χ1v) is 4.44. The fourth-order valence-electron chi connectivity index (χ4n) is 1.24. The molecule has 3 nitrogen and oxygen atoms in total. The Morgan fingerprint density at radius 3 is 2.79 bits per heavy atom. The molecule has 1 rings (SSSR count). The van der Waals surface area contributed by atoms with Gasteiger partial charge >= 0.3 is 0 Å². The highest BCUT2D eigenvalue weighted by Crippen LogP contribution is 2.27. The first-order chi connectivity index (χ1) is 6.69. The molecule has 1 aromatic rings. The zero-order chi connectivity index (χ0) is 10.6. The molecule has 0 atom stereocenters. The predicted octanol–water partition coefficient (Wildman–Crippen LogP) is 1.43. The Morgan fingerprint density at radius 1 is 1.50 bits per heavy atom. The monoisotopic (exact) mass is 199 g/mol. The van der Waals surface area contributed by atoms with E-state index >= 15 is 0 Å². The van der Waals surface area contributed by atoms with E-state index < -0.39 is 5.82 Å². The van der Waals surface area contributed by atoms with Crippen LogP contribution in [0.3, 0.4) is 0 Å². The Kier molecular flexibility index (Phi) is 3.71. The van der Waals surface area contributed by atoms with Crippen molar-refractivity contribution in [3.05, 3.63) is 23.5 Å². The summed E-state index contributed by atoms with van der Waals surface area (Å²) in [5.41, 5.74) is 6.17. The number of nitrogens with two attached hydrogens (primary N) is 1. The molecule has 0 bridgehead atoms. The molecule has 0 unspecified atom stereocenters. The molecule has 0 aliphatic carbocycles. The fraction of sp³-hybridized carbons (Fsp3) is 0.400. The molecule has 0 aliphatic rings. The van der Waals surface area contributed by atoms with Crippen molar-refractivity contribution < 1.29 is 14.2 Å². The van der Waals surface area contributed by atoms with E-state index in [1.54, 1.807) is 6.07 Å². The zero-order valence-corrected chi connectivity index (χ0v) is 8.09. The minimum absolute atomic E-state index is 0.0667. The largest absolute Gasteiger partial charge is 0.505 e. The lowest BCUT2D eigenvalue weighted by molar-refractivity contribution is 0.363. The number of hydrogen-bond acceptors (Lipinski definition) is 3. The van der Waals surface area contributed by atoms with Gasteiger partial charge in [-0.05, 0) is 37.1 Å². The summed E-state index contributed by atoms with van der Waals surface area (Å²) in [7, 11) is 1.37. The Bertz CT molecular complexity index is 315. The van der Waals surface area contributed by atoms with Crippen molar-refractivity contribution in [1.82, 2.24) is 0 Å². The van der Waals surface area contributed by atoms with Crippen LogP contribution in [0.4, 0.5) is 4.39 Å². The van der Waals surface area contributed by atoms with E-state index in [4.69, 9.17) is 10.5 Å². The number of rotatable bonds is 4. The lowest BCUT2D eigenvalue weighted by atomic mass is 10.1. The maximum Gasteiger partial charge on any atom is 0.206 e. The second kappa shape index (κ2) is 4.81. The van der Waals surface area contributed by atoms with Crippen LogP contribution in [-0.2, 0) is 6.42 Å². The van der Waals surface area contributed by atoms with Crippen LogP contribution in [0.2, 0.25) is 0 Å². The van der Waals surface area contributed by atoms with Gasteiger partial charge in [0, 0.05) is 0 Å². The van der Waals surface area contributed by atoms with Crippen LogP contribution in [0.25, 0.3) is 0 Å². The molecule has 0 saturated carbocycles. The van der Waals surface area contributed by atoms with Gasteiger partial charge in [0.15, 0.2) is 11.5 Å². The molecule has 14 heavy (non-hydrogen) atoms. The molecule has 0 radical (unpaired) electrons. The summed E-state index contributed by atoms with van der Waals surface area (Å²) < 4.78 is 17.9. The molecule has 0 aliphatic heterocycles. The average molecular weight is 199 g/mol. The Hall–Kier alpha value is -1.29. The molecular formula is C10H14FNO2. The second-order valence-corrected chi connectivity index (χ2v) is 3.02. The van der Waals surface area contributed by atoms with Crippen molar-refractivity contribution in [2.24, 2.45) is 5.73 Å². The Balaban J connectivity index is 2.91. The molecule has 0 aromatic heterocycles.